The van der Waals surface area contributed by atoms with Gasteiger partial charge in [0.25, 0.3) is 0 Å². The van der Waals surface area contributed by atoms with E-state index in [4.69, 9.17) is 5.73 Å². The van der Waals surface area contributed by atoms with Crippen molar-refractivity contribution >= 4 is 59.7 Å². The van der Waals surface area contributed by atoms with E-state index in [0.717, 1.165) is 5.00 Å². The maximum absolute atomic E-state index is 5.61. The minimum Gasteiger partial charge on any atom is -0.391 e. The Bertz CT molecular complexity index is 300. The summed E-state index contributed by atoms with van der Waals surface area (Å²) in [7, 11) is 0. The lowest BCUT2D eigenvalue weighted by atomic mass is 10.4. The largest absolute Gasteiger partial charge is 0.391 e. The minimum atomic E-state index is 0.914. The first-order chi connectivity index (χ1) is 4.75. The summed E-state index contributed by atoms with van der Waals surface area (Å²) in [5.74, 6) is 0. The highest BCUT2D eigenvalue weighted by atomic mass is 127. The summed E-state index contributed by atoms with van der Waals surface area (Å²) >= 11 is 5.79. The minimum absolute atomic E-state index is 0.914. The zero-order valence-corrected chi connectivity index (χ0v) is 8.72. The van der Waals surface area contributed by atoms with E-state index < -0.39 is 0 Å². The first kappa shape index (κ1) is 6.87. The average molecular weight is 281 g/mol. The molecule has 2 heterocycles. The second-order valence-corrected chi connectivity index (χ2v) is 6.23. The van der Waals surface area contributed by atoms with Crippen molar-refractivity contribution in [3.05, 3.63) is 15.0 Å². The molecular formula is C6H4INS2. The number of nitrogens with two attached hydrogens (primary N) is 1. The lowest BCUT2D eigenvalue weighted by molar-refractivity contribution is 1.97. The van der Waals surface area contributed by atoms with Crippen molar-refractivity contribution in [2.45, 2.75) is 0 Å². The van der Waals surface area contributed by atoms with E-state index in [1.165, 1.54) is 12.3 Å². The van der Waals surface area contributed by atoms with Gasteiger partial charge in [-0.1, -0.05) is 0 Å². The summed E-state index contributed by atoms with van der Waals surface area (Å²) in [5, 5.41) is 2.20. The second-order valence-electron chi connectivity index (χ2n) is 1.94. The molecule has 2 aromatic rings. The van der Waals surface area contributed by atoms with Crippen LogP contribution in [0.25, 0.3) is 9.40 Å². The smallest absolute Gasteiger partial charge is 0.0897 e. The van der Waals surface area contributed by atoms with Gasteiger partial charge in [-0.3, -0.25) is 0 Å². The second kappa shape index (κ2) is 2.35. The summed E-state index contributed by atoms with van der Waals surface area (Å²) < 4.78 is 2.67. The predicted molar refractivity (Wildman–Crippen MR) is 56.8 cm³/mol. The first-order valence-corrected chi connectivity index (χ1v) is 5.41. The Morgan fingerprint density at radius 3 is 2.80 bits per heavy atom. The number of fused-ring (bicyclic) bond motifs is 1. The van der Waals surface area contributed by atoms with Crippen LogP contribution in [0.2, 0.25) is 0 Å². The topological polar surface area (TPSA) is 26.0 Å². The number of halogens is 1. The van der Waals surface area contributed by atoms with Crippen LogP contribution in [0, 0.1) is 2.88 Å². The number of thiophene rings is 2. The fourth-order valence-corrected chi connectivity index (χ4v) is 4.23. The monoisotopic (exact) mass is 281 g/mol. The van der Waals surface area contributed by atoms with Crippen LogP contribution >= 0.6 is 45.3 Å². The maximum atomic E-state index is 5.61. The third kappa shape index (κ3) is 1.04. The number of hydrogen-bond donors (Lipinski definition) is 1. The molecular weight excluding hydrogens is 277 g/mol. The molecule has 0 saturated heterocycles. The van der Waals surface area contributed by atoms with E-state index in [-0.39, 0.29) is 0 Å². The number of anilines is 1. The molecule has 4 heteroatoms. The molecule has 0 saturated carbocycles. The fourth-order valence-electron chi connectivity index (χ4n) is 0.828. The fraction of sp³-hybridized carbons (Fsp3) is 0. The lowest BCUT2D eigenvalue weighted by Gasteiger charge is -1.74. The summed E-state index contributed by atoms with van der Waals surface area (Å²) in [4.78, 5) is 0. The van der Waals surface area contributed by atoms with Crippen molar-refractivity contribution in [2.75, 3.05) is 5.73 Å². The molecule has 0 unspecified atom stereocenters. The van der Waals surface area contributed by atoms with Crippen molar-refractivity contribution < 1.29 is 0 Å². The Kier molecular flexibility index (Phi) is 1.62. The molecule has 0 radical (unpaired) electrons. The van der Waals surface area contributed by atoms with E-state index in [1.807, 2.05) is 6.07 Å². The number of nitrogen functional groups attached to an aromatic ring is 1. The third-order valence-corrected chi connectivity index (χ3v) is 4.18. The van der Waals surface area contributed by atoms with Gasteiger partial charge in [0.2, 0.25) is 0 Å². The van der Waals surface area contributed by atoms with Crippen molar-refractivity contribution in [2.24, 2.45) is 0 Å². The molecule has 2 aromatic heterocycles. The molecule has 0 fully saturated rings. The van der Waals surface area contributed by atoms with Gasteiger partial charge in [-0.2, -0.15) is 0 Å². The molecule has 10 heavy (non-hydrogen) atoms. The molecule has 0 amide bonds. The summed E-state index contributed by atoms with van der Waals surface area (Å²) in [6, 6.07) is 4.19. The molecule has 0 aliphatic heterocycles. The molecule has 2 rings (SSSR count). The van der Waals surface area contributed by atoms with E-state index in [2.05, 4.69) is 28.7 Å². The zero-order chi connectivity index (χ0) is 7.14. The van der Waals surface area contributed by atoms with Gasteiger partial charge in [0.05, 0.1) is 11.9 Å². The highest BCUT2D eigenvalue weighted by Crippen LogP contribution is 2.35. The van der Waals surface area contributed by atoms with Crippen LogP contribution in [-0.2, 0) is 0 Å². The van der Waals surface area contributed by atoms with Crippen LogP contribution in [-0.4, -0.2) is 0 Å². The standard InChI is InChI=1S/C6H4INS2/c7-4-1-3-2-5(8)10-6(3)9-4/h1-2H,8H2. The van der Waals surface area contributed by atoms with Crippen molar-refractivity contribution in [1.29, 1.82) is 0 Å². The van der Waals surface area contributed by atoms with Gasteiger partial charge in [-0.25, -0.2) is 0 Å². The molecule has 1 nitrogen and oxygen atoms in total. The average Bonchev–Trinajstić information content (AvgIpc) is 2.21. The van der Waals surface area contributed by atoms with Crippen LogP contribution < -0.4 is 5.73 Å². The third-order valence-electron chi connectivity index (χ3n) is 1.20. The van der Waals surface area contributed by atoms with E-state index in [1.54, 1.807) is 22.7 Å². The Balaban J connectivity index is 2.83. The Morgan fingerprint density at radius 1 is 1.30 bits per heavy atom. The molecule has 0 bridgehead atoms. The first-order valence-electron chi connectivity index (χ1n) is 2.70. The molecule has 2 N–H and O–H groups in total. The quantitative estimate of drug-likeness (QED) is 0.738. The summed E-state index contributed by atoms with van der Waals surface area (Å²) in [6.45, 7) is 0. The Hall–Kier alpha value is 0.190. The predicted octanol–water partition coefficient (Wildman–Crippen LogP) is 3.15. The van der Waals surface area contributed by atoms with Crippen molar-refractivity contribution in [3.8, 4) is 0 Å². The normalized spacial score (nSPS) is 10.9. The van der Waals surface area contributed by atoms with Gasteiger partial charge in [-0.15, -0.1) is 22.7 Å². The van der Waals surface area contributed by atoms with Crippen LogP contribution in [0.5, 0.6) is 0 Å². The van der Waals surface area contributed by atoms with Crippen molar-refractivity contribution in [1.82, 2.24) is 0 Å². The van der Waals surface area contributed by atoms with Crippen LogP contribution in [0.15, 0.2) is 12.1 Å². The van der Waals surface area contributed by atoms with E-state index >= 15 is 0 Å². The van der Waals surface area contributed by atoms with E-state index in [0.29, 0.717) is 0 Å². The van der Waals surface area contributed by atoms with Crippen molar-refractivity contribution in [3.63, 3.8) is 0 Å². The Morgan fingerprint density at radius 2 is 2.10 bits per heavy atom. The van der Waals surface area contributed by atoms with Gasteiger partial charge in [0.15, 0.2) is 0 Å². The Labute approximate surface area is 80.0 Å². The maximum Gasteiger partial charge on any atom is 0.0897 e. The molecule has 0 spiro atoms. The van der Waals surface area contributed by atoms with Crippen LogP contribution in [0.4, 0.5) is 5.00 Å². The number of hydrogen-bond acceptors (Lipinski definition) is 3. The molecule has 0 aromatic carbocycles. The SMILES string of the molecule is Nc1cc2cc(I)sc2s1. The van der Waals surface area contributed by atoms with Gasteiger partial charge in [0.1, 0.15) is 0 Å². The zero-order valence-electron chi connectivity index (χ0n) is 4.93. The highest BCUT2D eigenvalue weighted by Gasteiger charge is 2.01. The van der Waals surface area contributed by atoms with Crippen LogP contribution in [0.1, 0.15) is 0 Å². The molecule has 52 valence electrons. The van der Waals surface area contributed by atoms with Gasteiger partial charge in [0, 0.05) is 5.39 Å². The lowest BCUT2D eigenvalue weighted by Crippen LogP contribution is -1.72. The van der Waals surface area contributed by atoms with Gasteiger partial charge in [-0.05, 0) is 34.7 Å². The number of rotatable bonds is 0. The van der Waals surface area contributed by atoms with Crippen LogP contribution in [0.3, 0.4) is 0 Å². The van der Waals surface area contributed by atoms with E-state index in [9.17, 15) is 0 Å². The molecule has 0 aliphatic carbocycles. The molecule has 0 aliphatic rings. The summed E-state index contributed by atoms with van der Waals surface area (Å²) in [5.41, 5.74) is 5.61. The molecule has 0 atom stereocenters. The van der Waals surface area contributed by atoms with Gasteiger partial charge >= 0.3 is 0 Å². The highest BCUT2D eigenvalue weighted by molar-refractivity contribution is 14.1. The van der Waals surface area contributed by atoms with Gasteiger partial charge < -0.3 is 5.73 Å². The summed E-state index contributed by atoms with van der Waals surface area (Å²) in [6.07, 6.45) is 0.